The van der Waals surface area contributed by atoms with E-state index < -0.39 is 0 Å². The highest BCUT2D eigenvalue weighted by molar-refractivity contribution is 5.41. The third kappa shape index (κ3) is 3.17. The minimum Gasteiger partial charge on any atom is -0.368 e. The van der Waals surface area contributed by atoms with Gasteiger partial charge in [-0.05, 0) is 6.92 Å². The number of rotatable bonds is 5. The number of aryl methyl sites for hydroxylation is 1. The molecule has 0 bridgehead atoms. The highest BCUT2D eigenvalue weighted by Crippen LogP contribution is 2.08. The number of aromatic nitrogens is 4. The second-order valence-electron chi connectivity index (χ2n) is 3.70. The fraction of sp³-hybridized carbons (Fsp3) is 0.364. The van der Waals surface area contributed by atoms with Crippen LogP contribution in [0.4, 0.5) is 11.8 Å². The Bertz CT molecular complexity index is 465. The van der Waals surface area contributed by atoms with Crippen LogP contribution < -0.4 is 10.6 Å². The first-order valence-electron chi connectivity index (χ1n) is 5.51. The van der Waals surface area contributed by atoms with Crippen molar-refractivity contribution in [1.29, 1.82) is 0 Å². The van der Waals surface area contributed by atoms with Crippen LogP contribution in [0.3, 0.4) is 0 Å². The van der Waals surface area contributed by atoms with Crippen molar-refractivity contribution in [2.45, 2.75) is 13.5 Å². The van der Waals surface area contributed by atoms with Crippen LogP contribution in [0, 0.1) is 6.92 Å². The zero-order valence-corrected chi connectivity index (χ0v) is 10.0. The van der Waals surface area contributed by atoms with Crippen molar-refractivity contribution < 1.29 is 0 Å². The van der Waals surface area contributed by atoms with E-state index in [0.717, 1.165) is 24.6 Å². The standard InChI is InChI=1S/C11H16N6/c1-9-7-10(16-11(12-2)15-9)14-4-6-17-5-3-13-8-17/h3,5,7-8H,4,6H2,1-2H3,(H2,12,14,15,16). The summed E-state index contributed by atoms with van der Waals surface area (Å²) in [5.41, 5.74) is 0.939. The van der Waals surface area contributed by atoms with Gasteiger partial charge in [0.25, 0.3) is 0 Å². The molecule has 0 aliphatic rings. The van der Waals surface area contributed by atoms with E-state index in [9.17, 15) is 0 Å². The van der Waals surface area contributed by atoms with Crippen molar-refractivity contribution in [1.82, 2.24) is 19.5 Å². The number of imidazole rings is 1. The Balaban J connectivity index is 1.92. The quantitative estimate of drug-likeness (QED) is 0.809. The maximum atomic E-state index is 4.31. The van der Waals surface area contributed by atoms with E-state index in [4.69, 9.17) is 0 Å². The molecule has 0 saturated heterocycles. The Labute approximate surface area is 100 Å². The van der Waals surface area contributed by atoms with E-state index in [-0.39, 0.29) is 0 Å². The smallest absolute Gasteiger partial charge is 0.224 e. The van der Waals surface area contributed by atoms with Crippen LogP contribution in [-0.2, 0) is 6.54 Å². The number of nitrogens with zero attached hydrogens (tertiary/aromatic N) is 4. The average molecular weight is 232 g/mol. The highest BCUT2D eigenvalue weighted by Gasteiger charge is 1.99. The van der Waals surface area contributed by atoms with Crippen molar-refractivity contribution in [2.24, 2.45) is 0 Å². The van der Waals surface area contributed by atoms with Crippen LogP contribution in [0.15, 0.2) is 24.8 Å². The van der Waals surface area contributed by atoms with Crippen molar-refractivity contribution in [2.75, 3.05) is 24.2 Å². The molecule has 0 radical (unpaired) electrons. The Kier molecular flexibility index (Phi) is 3.54. The first-order chi connectivity index (χ1) is 8.28. The van der Waals surface area contributed by atoms with Crippen LogP contribution in [0.25, 0.3) is 0 Å². The Morgan fingerprint density at radius 3 is 2.94 bits per heavy atom. The largest absolute Gasteiger partial charge is 0.368 e. The SMILES string of the molecule is CNc1nc(C)cc(NCCn2ccnc2)n1. The van der Waals surface area contributed by atoms with Gasteiger partial charge in [-0.3, -0.25) is 0 Å². The van der Waals surface area contributed by atoms with Crippen molar-refractivity contribution in [3.8, 4) is 0 Å². The molecule has 6 heteroatoms. The number of hydrogen-bond acceptors (Lipinski definition) is 5. The van der Waals surface area contributed by atoms with Crippen LogP contribution in [0.2, 0.25) is 0 Å². The minimum atomic E-state index is 0.634. The molecule has 17 heavy (non-hydrogen) atoms. The van der Waals surface area contributed by atoms with Gasteiger partial charge in [0.15, 0.2) is 0 Å². The van der Waals surface area contributed by atoms with Gasteiger partial charge in [0.05, 0.1) is 6.33 Å². The lowest BCUT2D eigenvalue weighted by molar-refractivity contribution is 0.725. The van der Waals surface area contributed by atoms with Gasteiger partial charge in [-0.25, -0.2) is 9.97 Å². The average Bonchev–Trinajstić information content (AvgIpc) is 2.81. The third-order valence-electron chi connectivity index (χ3n) is 2.31. The van der Waals surface area contributed by atoms with Gasteiger partial charge in [0.2, 0.25) is 5.95 Å². The van der Waals surface area contributed by atoms with Gasteiger partial charge in [-0.15, -0.1) is 0 Å². The predicted octanol–water partition coefficient (Wildman–Crippen LogP) is 1.14. The number of anilines is 2. The molecule has 6 nitrogen and oxygen atoms in total. The Hall–Kier alpha value is -2.11. The third-order valence-corrected chi connectivity index (χ3v) is 2.31. The molecule has 0 aliphatic carbocycles. The summed E-state index contributed by atoms with van der Waals surface area (Å²) in [5.74, 6) is 1.47. The molecule has 0 atom stereocenters. The molecule has 2 aromatic rings. The molecule has 0 spiro atoms. The molecule has 2 heterocycles. The van der Waals surface area contributed by atoms with Crippen LogP contribution in [0.1, 0.15) is 5.69 Å². The lowest BCUT2D eigenvalue weighted by atomic mass is 10.4. The summed E-state index contributed by atoms with van der Waals surface area (Å²) in [6, 6.07) is 1.93. The summed E-state index contributed by atoms with van der Waals surface area (Å²) >= 11 is 0. The van der Waals surface area contributed by atoms with Gasteiger partial charge >= 0.3 is 0 Å². The molecule has 0 saturated carbocycles. The Morgan fingerprint density at radius 2 is 2.24 bits per heavy atom. The van der Waals surface area contributed by atoms with Gasteiger partial charge in [0, 0.05) is 44.3 Å². The summed E-state index contributed by atoms with van der Waals surface area (Å²) in [4.78, 5) is 12.5. The van der Waals surface area contributed by atoms with Crippen LogP contribution in [0.5, 0.6) is 0 Å². The minimum absolute atomic E-state index is 0.634. The molecule has 0 aliphatic heterocycles. The molecule has 0 aromatic carbocycles. The van der Waals surface area contributed by atoms with Crippen LogP contribution >= 0.6 is 0 Å². The maximum absolute atomic E-state index is 4.31. The summed E-state index contributed by atoms with van der Waals surface area (Å²) in [7, 11) is 1.81. The molecule has 2 rings (SSSR count). The van der Waals surface area contributed by atoms with Gasteiger partial charge in [-0.2, -0.15) is 4.98 Å². The predicted molar refractivity (Wildman–Crippen MR) is 67.0 cm³/mol. The lowest BCUT2D eigenvalue weighted by Crippen LogP contribution is -2.11. The molecule has 0 fully saturated rings. The normalized spacial score (nSPS) is 10.2. The second-order valence-corrected chi connectivity index (χ2v) is 3.70. The van der Waals surface area contributed by atoms with E-state index in [1.54, 1.807) is 12.5 Å². The first-order valence-corrected chi connectivity index (χ1v) is 5.51. The Morgan fingerprint density at radius 1 is 1.35 bits per heavy atom. The van der Waals surface area contributed by atoms with Crippen molar-refractivity contribution in [3.63, 3.8) is 0 Å². The topological polar surface area (TPSA) is 67.7 Å². The zero-order valence-electron chi connectivity index (χ0n) is 10.0. The molecule has 90 valence electrons. The second kappa shape index (κ2) is 5.29. The van der Waals surface area contributed by atoms with E-state index in [0.29, 0.717) is 5.95 Å². The van der Waals surface area contributed by atoms with Crippen molar-refractivity contribution >= 4 is 11.8 Å². The monoisotopic (exact) mass is 232 g/mol. The molecule has 2 N–H and O–H groups in total. The molecule has 2 aromatic heterocycles. The molecular weight excluding hydrogens is 216 g/mol. The van der Waals surface area contributed by atoms with Gasteiger partial charge in [-0.1, -0.05) is 0 Å². The van der Waals surface area contributed by atoms with E-state index >= 15 is 0 Å². The highest BCUT2D eigenvalue weighted by atomic mass is 15.1. The van der Waals surface area contributed by atoms with E-state index in [2.05, 4.69) is 25.6 Å². The number of hydrogen-bond donors (Lipinski definition) is 2. The lowest BCUT2D eigenvalue weighted by Gasteiger charge is -2.08. The molecular formula is C11H16N6. The van der Waals surface area contributed by atoms with Gasteiger partial charge < -0.3 is 15.2 Å². The van der Waals surface area contributed by atoms with Crippen LogP contribution in [-0.4, -0.2) is 33.1 Å². The summed E-state index contributed by atoms with van der Waals surface area (Å²) in [6.07, 6.45) is 5.51. The molecule has 0 unspecified atom stereocenters. The first kappa shape index (κ1) is 11.4. The summed E-state index contributed by atoms with van der Waals surface area (Å²) in [6.45, 7) is 3.61. The maximum Gasteiger partial charge on any atom is 0.224 e. The number of nitrogens with one attached hydrogen (secondary N) is 2. The van der Waals surface area contributed by atoms with Gasteiger partial charge in [0.1, 0.15) is 5.82 Å². The van der Waals surface area contributed by atoms with E-state index in [1.807, 2.05) is 30.8 Å². The zero-order chi connectivity index (χ0) is 12.1. The summed E-state index contributed by atoms with van der Waals surface area (Å²) in [5, 5.41) is 6.19. The fourth-order valence-electron chi connectivity index (χ4n) is 1.50. The summed E-state index contributed by atoms with van der Waals surface area (Å²) < 4.78 is 2.01. The van der Waals surface area contributed by atoms with E-state index in [1.165, 1.54) is 0 Å². The van der Waals surface area contributed by atoms with Crippen molar-refractivity contribution in [3.05, 3.63) is 30.5 Å². The molecule has 0 amide bonds. The fourth-order valence-corrected chi connectivity index (χ4v) is 1.50.